The van der Waals surface area contributed by atoms with Crippen LogP contribution >= 0.6 is 50.7 Å². The molecule has 0 radical (unpaired) electrons. The molecule has 2 aromatic carbocycles. The lowest BCUT2D eigenvalue weighted by Gasteiger charge is -2.12. The van der Waals surface area contributed by atoms with E-state index in [-0.39, 0.29) is 0 Å². The number of benzene rings is 2. The monoisotopic (exact) mass is 364 g/mol. The zero-order valence-corrected chi connectivity index (χ0v) is 12.9. The first-order chi connectivity index (χ1) is 8.61. The predicted molar refractivity (Wildman–Crippen MR) is 80.2 cm³/mol. The van der Waals surface area contributed by atoms with E-state index in [1.165, 1.54) is 0 Å². The summed E-state index contributed by atoms with van der Waals surface area (Å²) in [6.45, 7) is 0. The summed E-state index contributed by atoms with van der Waals surface area (Å²) in [5, 5.41) is 1.02. The van der Waals surface area contributed by atoms with E-state index in [0.29, 0.717) is 27.4 Å². The summed E-state index contributed by atoms with van der Waals surface area (Å²) < 4.78 is 6.64. The smallest absolute Gasteiger partial charge is 0.150 e. The predicted octanol–water partition coefficient (Wildman–Crippen LogP) is 6.29. The molecule has 18 heavy (non-hydrogen) atoms. The zero-order valence-electron chi connectivity index (χ0n) is 9.09. The van der Waals surface area contributed by atoms with E-state index in [9.17, 15) is 0 Å². The van der Waals surface area contributed by atoms with Gasteiger partial charge in [-0.1, -0.05) is 51.3 Å². The van der Waals surface area contributed by atoms with Gasteiger partial charge in [0.1, 0.15) is 11.5 Å². The molecule has 94 valence electrons. The Balaban J connectivity index is 2.42. The molecule has 0 aromatic heterocycles. The lowest BCUT2D eigenvalue weighted by atomic mass is 10.2. The van der Waals surface area contributed by atoms with Crippen molar-refractivity contribution >= 4 is 50.7 Å². The number of hydrogen-bond donors (Lipinski definition) is 0. The normalized spacial score (nSPS) is 10.4. The molecule has 0 amide bonds. The average molecular weight is 366 g/mol. The van der Waals surface area contributed by atoms with Gasteiger partial charge in [-0.3, -0.25) is 0 Å². The molecule has 2 aromatic rings. The fraction of sp³-hybridized carbons (Fsp3) is 0.0769. The Kier molecular flexibility index (Phi) is 4.79. The van der Waals surface area contributed by atoms with Crippen molar-refractivity contribution in [2.45, 2.75) is 5.88 Å². The van der Waals surface area contributed by atoms with Crippen LogP contribution in [0.5, 0.6) is 11.5 Å². The Morgan fingerprint density at radius 1 is 1.06 bits per heavy atom. The fourth-order valence-electron chi connectivity index (χ4n) is 1.44. The minimum absolute atomic E-state index is 0.321. The number of para-hydroxylation sites is 1. The number of alkyl halides is 1. The molecule has 0 fully saturated rings. The molecular formula is C13H8BrCl3O. The maximum absolute atomic E-state index is 6.11. The second-order valence-corrected chi connectivity index (χ2v) is 5.54. The van der Waals surface area contributed by atoms with Crippen LogP contribution in [0.2, 0.25) is 10.0 Å². The standard InChI is InChI=1S/C13H8BrCl3O/c14-9-4-5-10(16)12(6-9)18-13-8(7-15)2-1-3-11(13)17/h1-6H,7H2. The van der Waals surface area contributed by atoms with Gasteiger partial charge in [-0.05, 0) is 24.3 Å². The van der Waals surface area contributed by atoms with E-state index in [2.05, 4.69) is 15.9 Å². The van der Waals surface area contributed by atoms with Crippen molar-refractivity contribution in [3.8, 4) is 11.5 Å². The third-order valence-corrected chi connectivity index (χ3v) is 3.69. The van der Waals surface area contributed by atoms with E-state index in [1.807, 2.05) is 18.2 Å². The number of halogens is 4. The highest BCUT2D eigenvalue weighted by Gasteiger charge is 2.11. The summed E-state index contributed by atoms with van der Waals surface area (Å²) in [6.07, 6.45) is 0. The maximum atomic E-state index is 6.11. The van der Waals surface area contributed by atoms with Crippen LogP contribution in [0.15, 0.2) is 40.9 Å². The van der Waals surface area contributed by atoms with Gasteiger partial charge in [0.15, 0.2) is 0 Å². The largest absolute Gasteiger partial charge is 0.454 e. The van der Waals surface area contributed by atoms with E-state index in [4.69, 9.17) is 39.5 Å². The van der Waals surface area contributed by atoms with Gasteiger partial charge in [-0.25, -0.2) is 0 Å². The molecule has 0 unspecified atom stereocenters. The van der Waals surface area contributed by atoms with E-state index >= 15 is 0 Å². The molecule has 0 saturated carbocycles. The van der Waals surface area contributed by atoms with Crippen LogP contribution < -0.4 is 4.74 Å². The van der Waals surface area contributed by atoms with E-state index in [1.54, 1.807) is 18.2 Å². The first kappa shape index (κ1) is 14.0. The van der Waals surface area contributed by atoms with Crippen molar-refractivity contribution < 1.29 is 4.74 Å². The quantitative estimate of drug-likeness (QED) is 0.580. The summed E-state index contributed by atoms with van der Waals surface area (Å²) >= 11 is 21.4. The highest BCUT2D eigenvalue weighted by molar-refractivity contribution is 9.10. The molecule has 1 nitrogen and oxygen atoms in total. The lowest BCUT2D eigenvalue weighted by Crippen LogP contribution is -1.91. The van der Waals surface area contributed by atoms with Gasteiger partial charge in [0.25, 0.3) is 0 Å². The highest BCUT2D eigenvalue weighted by Crippen LogP contribution is 2.37. The second kappa shape index (κ2) is 6.16. The SMILES string of the molecule is ClCc1cccc(Cl)c1Oc1cc(Br)ccc1Cl. The summed E-state index contributed by atoms with van der Waals surface area (Å²) in [5.74, 6) is 1.39. The zero-order chi connectivity index (χ0) is 13.1. The molecule has 0 aliphatic carbocycles. The number of hydrogen-bond acceptors (Lipinski definition) is 1. The molecule has 0 saturated heterocycles. The van der Waals surface area contributed by atoms with Gasteiger partial charge in [0.05, 0.1) is 15.9 Å². The summed E-state index contributed by atoms with van der Waals surface area (Å²) in [4.78, 5) is 0. The molecule has 0 atom stereocenters. The number of ether oxygens (including phenoxy) is 1. The van der Waals surface area contributed by atoms with Crippen molar-refractivity contribution in [1.29, 1.82) is 0 Å². The summed E-state index contributed by atoms with van der Waals surface area (Å²) in [6, 6.07) is 10.8. The molecule has 0 aliphatic heterocycles. The van der Waals surface area contributed by atoms with Crippen LogP contribution in [-0.4, -0.2) is 0 Å². The molecule has 0 N–H and O–H groups in total. The van der Waals surface area contributed by atoms with E-state index < -0.39 is 0 Å². The van der Waals surface area contributed by atoms with Crippen LogP contribution in [0.3, 0.4) is 0 Å². The van der Waals surface area contributed by atoms with Gasteiger partial charge >= 0.3 is 0 Å². The Hall–Kier alpha value is -0.410. The lowest BCUT2D eigenvalue weighted by molar-refractivity contribution is 0.478. The Labute approximate surface area is 129 Å². The Morgan fingerprint density at radius 3 is 2.56 bits per heavy atom. The molecule has 5 heteroatoms. The average Bonchev–Trinajstić information content (AvgIpc) is 2.36. The van der Waals surface area contributed by atoms with Crippen LogP contribution in [0, 0.1) is 0 Å². The van der Waals surface area contributed by atoms with Crippen molar-refractivity contribution in [2.24, 2.45) is 0 Å². The molecular weight excluding hydrogens is 358 g/mol. The highest BCUT2D eigenvalue weighted by atomic mass is 79.9. The minimum atomic E-state index is 0.321. The van der Waals surface area contributed by atoms with Crippen molar-refractivity contribution in [3.05, 3.63) is 56.5 Å². The molecule has 0 aliphatic rings. The number of rotatable bonds is 3. The second-order valence-electron chi connectivity index (χ2n) is 3.54. The van der Waals surface area contributed by atoms with Crippen molar-refractivity contribution in [2.75, 3.05) is 0 Å². The Morgan fingerprint density at radius 2 is 1.83 bits per heavy atom. The first-order valence-corrected chi connectivity index (χ1v) is 7.16. The molecule has 2 rings (SSSR count). The van der Waals surface area contributed by atoms with Crippen LogP contribution in [-0.2, 0) is 5.88 Å². The van der Waals surface area contributed by atoms with Gasteiger partial charge in [0, 0.05) is 10.0 Å². The van der Waals surface area contributed by atoms with E-state index in [0.717, 1.165) is 10.0 Å². The van der Waals surface area contributed by atoms with Gasteiger partial charge in [-0.2, -0.15) is 0 Å². The third-order valence-electron chi connectivity index (χ3n) is 2.30. The molecule has 0 heterocycles. The van der Waals surface area contributed by atoms with Gasteiger partial charge in [0.2, 0.25) is 0 Å². The van der Waals surface area contributed by atoms with Crippen LogP contribution in [0.1, 0.15) is 5.56 Å². The molecule has 0 bridgehead atoms. The van der Waals surface area contributed by atoms with Crippen LogP contribution in [0.4, 0.5) is 0 Å². The minimum Gasteiger partial charge on any atom is -0.454 e. The first-order valence-electron chi connectivity index (χ1n) is 5.08. The third kappa shape index (κ3) is 3.12. The topological polar surface area (TPSA) is 9.23 Å². The fourth-order valence-corrected chi connectivity index (χ4v) is 2.38. The van der Waals surface area contributed by atoms with Crippen molar-refractivity contribution in [3.63, 3.8) is 0 Å². The maximum Gasteiger partial charge on any atom is 0.150 e. The summed E-state index contributed by atoms with van der Waals surface area (Å²) in [5.41, 5.74) is 0.820. The molecule has 0 spiro atoms. The Bertz CT molecular complexity index is 572. The van der Waals surface area contributed by atoms with Crippen molar-refractivity contribution in [1.82, 2.24) is 0 Å². The van der Waals surface area contributed by atoms with Crippen LogP contribution in [0.25, 0.3) is 0 Å². The van der Waals surface area contributed by atoms with Gasteiger partial charge < -0.3 is 4.74 Å². The van der Waals surface area contributed by atoms with Gasteiger partial charge in [-0.15, -0.1) is 11.6 Å². The summed E-state index contributed by atoms with van der Waals surface area (Å²) in [7, 11) is 0.